The van der Waals surface area contributed by atoms with E-state index in [0.29, 0.717) is 45.1 Å². The van der Waals surface area contributed by atoms with Gasteiger partial charge in [-0.15, -0.1) is 0 Å². The first-order chi connectivity index (χ1) is 11.8. The van der Waals surface area contributed by atoms with Crippen molar-refractivity contribution in [2.45, 2.75) is 78.2 Å². The molecule has 2 atom stereocenters. The monoisotopic (exact) mass is 355 g/mol. The Bertz CT molecular complexity index is 452. The number of unbranched alkanes of at least 4 members (excludes halogenated alkanes) is 1. The molecule has 25 heavy (non-hydrogen) atoms. The Hall–Kier alpha value is -1.92. The average molecular weight is 355 g/mol. The molecule has 0 saturated heterocycles. The Morgan fingerprint density at radius 3 is 2.24 bits per heavy atom. The highest BCUT2D eigenvalue weighted by Crippen LogP contribution is 2.08. The molecule has 0 spiro atoms. The van der Waals surface area contributed by atoms with Gasteiger partial charge in [0.15, 0.2) is 0 Å². The summed E-state index contributed by atoms with van der Waals surface area (Å²) < 4.78 is 0. The van der Waals surface area contributed by atoms with Crippen LogP contribution < -0.4 is 16.4 Å². The number of carbonyl (C=O) groups excluding carboxylic acids is 4. The van der Waals surface area contributed by atoms with Crippen LogP contribution in [-0.4, -0.2) is 36.1 Å². The summed E-state index contributed by atoms with van der Waals surface area (Å²) in [5, 5.41) is 5.49. The van der Waals surface area contributed by atoms with Gasteiger partial charge in [0, 0.05) is 25.3 Å². The SMILES string of the molecule is CCCC[C@H](NC(=O)[C@H](C)CCCNC(=O)CCCC(C)=O)C(N)=O. The molecule has 7 heteroatoms. The number of amides is 3. The molecular formula is C18H33N3O4. The molecule has 3 amide bonds. The molecule has 0 aromatic carbocycles. The van der Waals surface area contributed by atoms with E-state index in [9.17, 15) is 19.2 Å². The van der Waals surface area contributed by atoms with Gasteiger partial charge in [-0.1, -0.05) is 26.7 Å². The van der Waals surface area contributed by atoms with Gasteiger partial charge in [-0.05, 0) is 32.6 Å². The predicted octanol–water partition coefficient (Wildman–Crippen LogP) is 1.44. The van der Waals surface area contributed by atoms with Gasteiger partial charge < -0.3 is 21.2 Å². The lowest BCUT2D eigenvalue weighted by molar-refractivity contribution is -0.129. The number of ketones is 1. The fraction of sp³-hybridized carbons (Fsp3) is 0.778. The Morgan fingerprint density at radius 2 is 1.68 bits per heavy atom. The lowest BCUT2D eigenvalue weighted by Crippen LogP contribution is -2.46. The fourth-order valence-electron chi connectivity index (χ4n) is 2.36. The minimum Gasteiger partial charge on any atom is -0.368 e. The molecule has 0 saturated carbocycles. The number of carbonyl (C=O) groups is 4. The molecule has 0 aliphatic carbocycles. The maximum atomic E-state index is 12.1. The second kappa shape index (κ2) is 13.4. The summed E-state index contributed by atoms with van der Waals surface area (Å²) in [4.78, 5) is 45.9. The number of primary amides is 1. The normalized spacial score (nSPS) is 12.9. The molecule has 0 aliphatic rings. The van der Waals surface area contributed by atoms with Crippen molar-refractivity contribution in [3.63, 3.8) is 0 Å². The largest absolute Gasteiger partial charge is 0.368 e. The van der Waals surface area contributed by atoms with Gasteiger partial charge in [0.2, 0.25) is 17.7 Å². The third kappa shape index (κ3) is 12.1. The van der Waals surface area contributed by atoms with Crippen LogP contribution in [0.15, 0.2) is 0 Å². The van der Waals surface area contributed by atoms with Gasteiger partial charge >= 0.3 is 0 Å². The average Bonchev–Trinajstić information content (AvgIpc) is 2.54. The first-order valence-electron chi connectivity index (χ1n) is 9.13. The highest BCUT2D eigenvalue weighted by Gasteiger charge is 2.20. The number of hydrogen-bond donors (Lipinski definition) is 3. The Kier molecular flexibility index (Phi) is 12.4. The summed E-state index contributed by atoms with van der Waals surface area (Å²) in [5.41, 5.74) is 5.32. The number of nitrogens with two attached hydrogens (primary N) is 1. The summed E-state index contributed by atoms with van der Waals surface area (Å²) in [7, 11) is 0. The van der Waals surface area contributed by atoms with Crippen LogP contribution in [0.2, 0.25) is 0 Å². The van der Waals surface area contributed by atoms with Crippen LogP contribution in [0, 0.1) is 5.92 Å². The number of Topliss-reactive ketones (excluding diaryl/α,β-unsaturated/α-hetero) is 1. The molecule has 0 aliphatic heterocycles. The zero-order valence-electron chi connectivity index (χ0n) is 15.7. The molecule has 144 valence electrons. The van der Waals surface area contributed by atoms with Crippen LogP contribution in [0.1, 0.15) is 72.1 Å². The Balaban J connectivity index is 3.98. The van der Waals surface area contributed by atoms with Crippen LogP contribution in [0.4, 0.5) is 0 Å². The number of hydrogen-bond acceptors (Lipinski definition) is 4. The smallest absolute Gasteiger partial charge is 0.239 e. The molecular weight excluding hydrogens is 322 g/mol. The lowest BCUT2D eigenvalue weighted by Gasteiger charge is -2.18. The van der Waals surface area contributed by atoms with Crippen LogP contribution in [0.3, 0.4) is 0 Å². The molecule has 7 nitrogen and oxygen atoms in total. The summed E-state index contributed by atoms with van der Waals surface area (Å²) in [6.07, 6.45) is 4.92. The van der Waals surface area contributed by atoms with Crippen LogP contribution >= 0.6 is 0 Å². The standard InChI is InChI=1S/C18H33N3O4/c1-4-5-10-15(17(19)24)21-18(25)13(2)8-7-12-20-16(23)11-6-9-14(3)22/h13,15H,4-12H2,1-3H3,(H2,19,24)(H,20,23)(H,21,25)/t13-,15+/m1/s1. The summed E-state index contributed by atoms with van der Waals surface area (Å²) in [6.45, 7) is 5.81. The zero-order valence-corrected chi connectivity index (χ0v) is 15.7. The predicted molar refractivity (Wildman–Crippen MR) is 96.6 cm³/mol. The van der Waals surface area contributed by atoms with Gasteiger partial charge in [-0.25, -0.2) is 0 Å². The molecule has 0 aromatic rings. The first kappa shape index (κ1) is 23.1. The van der Waals surface area contributed by atoms with Crippen molar-refractivity contribution < 1.29 is 19.2 Å². The highest BCUT2D eigenvalue weighted by atomic mass is 16.2. The van der Waals surface area contributed by atoms with Gasteiger partial charge in [0.1, 0.15) is 11.8 Å². The van der Waals surface area contributed by atoms with E-state index in [1.165, 1.54) is 6.92 Å². The van der Waals surface area contributed by atoms with Gasteiger partial charge in [0.05, 0.1) is 0 Å². The minimum atomic E-state index is -0.615. The van der Waals surface area contributed by atoms with E-state index in [1.54, 1.807) is 6.92 Å². The van der Waals surface area contributed by atoms with Crippen molar-refractivity contribution >= 4 is 23.5 Å². The molecule has 4 N–H and O–H groups in total. The Morgan fingerprint density at radius 1 is 1.00 bits per heavy atom. The van der Waals surface area contributed by atoms with E-state index in [1.807, 2.05) is 6.92 Å². The molecule has 0 heterocycles. The van der Waals surface area contributed by atoms with Crippen molar-refractivity contribution in [2.75, 3.05) is 6.54 Å². The molecule has 0 aromatic heterocycles. The zero-order chi connectivity index (χ0) is 19.2. The fourth-order valence-corrected chi connectivity index (χ4v) is 2.36. The number of nitrogens with one attached hydrogen (secondary N) is 2. The lowest BCUT2D eigenvalue weighted by atomic mass is 10.0. The van der Waals surface area contributed by atoms with Gasteiger partial charge in [-0.2, -0.15) is 0 Å². The van der Waals surface area contributed by atoms with E-state index in [0.717, 1.165) is 12.8 Å². The van der Waals surface area contributed by atoms with E-state index >= 15 is 0 Å². The number of rotatable bonds is 14. The summed E-state index contributed by atoms with van der Waals surface area (Å²) in [6, 6.07) is -0.615. The quantitative estimate of drug-likeness (QED) is 0.408. The molecule has 0 radical (unpaired) electrons. The molecule has 0 fully saturated rings. The van der Waals surface area contributed by atoms with Crippen LogP contribution in [0.25, 0.3) is 0 Å². The van der Waals surface area contributed by atoms with E-state index in [2.05, 4.69) is 10.6 Å². The third-order valence-corrected chi connectivity index (χ3v) is 4.02. The minimum absolute atomic E-state index is 0.0771. The first-order valence-corrected chi connectivity index (χ1v) is 9.13. The van der Waals surface area contributed by atoms with Gasteiger partial charge in [0.25, 0.3) is 0 Å². The molecule has 0 bridgehead atoms. The third-order valence-electron chi connectivity index (χ3n) is 4.02. The van der Waals surface area contributed by atoms with Crippen molar-refractivity contribution in [3.05, 3.63) is 0 Å². The van der Waals surface area contributed by atoms with E-state index < -0.39 is 11.9 Å². The summed E-state index contributed by atoms with van der Waals surface area (Å²) in [5.74, 6) is -0.940. The van der Waals surface area contributed by atoms with E-state index in [-0.39, 0.29) is 23.5 Å². The van der Waals surface area contributed by atoms with Gasteiger partial charge in [-0.3, -0.25) is 14.4 Å². The van der Waals surface area contributed by atoms with Crippen molar-refractivity contribution in [2.24, 2.45) is 11.7 Å². The van der Waals surface area contributed by atoms with E-state index in [4.69, 9.17) is 5.73 Å². The topological polar surface area (TPSA) is 118 Å². The second-order valence-electron chi connectivity index (χ2n) is 6.55. The van der Waals surface area contributed by atoms with Crippen LogP contribution in [-0.2, 0) is 19.2 Å². The summed E-state index contributed by atoms with van der Waals surface area (Å²) >= 11 is 0. The maximum Gasteiger partial charge on any atom is 0.239 e. The highest BCUT2D eigenvalue weighted by molar-refractivity contribution is 5.87. The second-order valence-corrected chi connectivity index (χ2v) is 6.55. The molecule has 0 unspecified atom stereocenters. The van der Waals surface area contributed by atoms with Crippen molar-refractivity contribution in [3.8, 4) is 0 Å². The maximum absolute atomic E-state index is 12.1. The van der Waals surface area contributed by atoms with Crippen molar-refractivity contribution in [1.82, 2.24) is 10.6 Å². The Labute approximate surface area is 150 Å². The molecule has 0 rings (SSSR count). The van der Waals surface area contributed by atoms with Crippen LogP contribution in [0.5, 0.6) is 0 Å². The van der Waals surface area contributed by atoms with Crippen molar-refractivity contribution in [1.29, 1.82) is 0 Å².